The molecule has 0 radical (unpaired) electrons. The van der Waals surface area contributed by atoms with E-state index < -0.39 is 0 Å². The number of amides is 1. The van der Waals surface area contributed by atoms with Crippen LogP contribution in [-0.4, -0.2) is 49.2 Å². The van der Waals surface area contributed by atoms with Gasteiger partial charge >= 0.3 is 0 Å². The van der Waals surface area contributed by atoms with Gasteiger partial charge in [-0.1, -0.05) is 6.92 Å². The van der Waals surface area contributed by atoms with E-state index in [1.807, 2.05) is 0 Å². The first-order valence-electron chi connectivity index (χ1n) is 8.37. The smallest absolute Gasteiger partial charge is 0.223 e. The lowest BCUT2D eigenvalue weighted by atomic mass is 9.85. The molecule has 4 unspecified atom stereocenters. The normalized spacial score (nSPS) is 35.6. The van der Waals surface area contributed by atoms with Crippen molar-refractivity contribution in [3.63, 3.8) is 0 Å². The van der Waals surface area contributed by atoms with Crippen LogP contribution in [0.3, 0.4) is 0 Å². The third-order valence-electron chi connectivity index (χ3n) is 5.44. The summed E-state index contributed by atoms with van der Waals surface area (Å²) in [7, 11) is 0. The molecule has 20 heavy (non-hydrogen) atoms. The summed E-state index contributed by atoms with van der Waals surface area (Å²) in [6, 6.07) is 0.368. The second-order valence-corrected chi connectivity index (χ2v) is 6.78. The molecular weight excluding hydrogens is 252 g/mol. The first-order valence-corrected chi connectivity index (χ1v) is 8.37. The highest BCUT2D eigenvalue weighted by Gasteiger charge is 2.38. The van der Waals surface area contributed by atoms with E-state index in [-0.39, 0.29) is 0 Å². The maximum atomic E-state index is 12.6. The van der Waals surface area contributed by atoms with Gasteiger partial charge in [-0.05, 0) is 57.0 Å². The Labute approximate surface area is 122 Å². The van der Waals surface area contributed by atoms with Gasteiger partial charge < -0.3 is 15.0 Å². The molecule has 0 aromatic rings. The Kier molecular flexibility index (Phi) is 4.61. The van der Waals surface area contributed by atoms with Crippen LogP contribution in [0.15, 0.2) is 0 Å². The number of fused-ring (bicyclic) bond motifs is 1. The van der Waals surface area contributed by atoms with Gasteiger partial charge in [0.2, 0.25) is 5.91 Å². The zero-order chi connectivity index (χ0) is 13.9. The van der Waals surface area contributed by atoms with E-state index in [1.54, 1.807) is 0 Å². The largest absolute Gasteiger partial charge is 0.374 e. The van der Waals surface area contributed by atoms with E-state index in [9.17, 15) is 4.79 Å². The Bertz CT molecular complexity index is 341. The quantitative estimate of drug-likeness (QED) is 0.857. The molecule has 3 aliphatic rings. The minimum Gasteiger partial charge on any atom is -0.374 e. The van der Waals surface area contributed by atoms with Gasteiger partial charge in [0.05, 0.1) is 18.8 Å². The zero-order valence-corrected chi connectivity index (χ0v) is 12.6. The number of carbonyl (C=O) groups is 1. The van der Waals surface area contributed by atoms with Crippen molar-refractivity contribution in [3.05, 3.63) is 0 Å². The van der Waals surface area contributed by atoms with Gasteiger partial charge in [0, 0.05) is 13.0 Å². The van der Waals surface area contributed by atoms with Crippen molar-refractivity contribution in [1.29, 1.82) is 0 Å². The molecule has 1 amide bonds. The van der Waals surface area contributed by atoms with E-state index in [1.165, 1.54) is 19.3 Å². The Hall–Kier alpha value is -0.610. The topological polar surface area (TPSA) is 41.6 Å². The molecule has 2 saturated heterocycles. The molecular formula is C16H28N2O2. The second-order valence-electron chi connectivity index (χ2n) is 6.78. The monoisotopic (exact) mass is 280 g/mol. The average molecular weight is 280 g/mol. The van der Waals surface area contributed by atoms with Gasteiger partial charge in [-0.3, -0.25) is 4.79 Å². The Morgan fingerprint density at radius 2 is 2.25 bits per heavy atom. The first kappa shape index (κ1) is 14.3. The number of piperidine rings is 1. The van der Waals surface area contributed by atoms with Crippen LogP contribution >= 0.6 is 0 Å². The SMILES string of the molecule is CC(CC(=O)N1CCOC2CCCC21)C1CCCNC1. The number of hydrogen-bond acceptors (Lipinski definition) is 3. The van der Waals surface area contributed by atoms with Crippen LogP contribution < -0.4 is 5.32 Å². The van der Waals surface area contributed by atoms with Gasteiger partial charge in [0.25, 0.3) is 0 Å². The molecule has 1 saturated carbocycles. The number of ether oxygens (including phenoxy) is 1. The maximum absolute atomic E-state index is 12.6. The van der Waals surface area contributed by atoms with E-state index >= 15 is 0 Å². The molecule has 1 aliphatic carbocycles. The van der Waals surface area contributed by atoms with Crippen LogP contribution in [0.5, 0.6) is 0 Å². The van der Waals surface area contributed by atoms with Crippen LogP contribution in [-0.2, 0) is 9.53 Å². The molecule has 0 bridgehead atoms. The van der Waals surface area contributed by atoms with Gasteiger partial charge in [0.1, 0.15) is 0 Å². The summed E-state index contributed by atoms with van der Waals surface area (Å²) in [6.45, 7) is 6.01. The molecule has 4 atom stereocenters. The fraction of sp³-hybridized carbons (Fsp3) is 0.938. The van der Waals surface area contributed by atoms with Crippen LogP contribution in [0.25, 0.3) is 0 Å². The lowest BCUT2D eigenvalue weighted by molar-refractivity contribution is -0.145. The highest BCUT2D eigenvalue weighted by atomic mass is 16.5. The summed E-state index contributed by atoms with van der Waals surface area (Å²) in [5.41, 5.74) is 0. The molecule has 3 fully saturated rings. The van der Waals surface area contributed by atoms with Crippen molar-refractivity contribution in [1.82, 2.24) is 10.2 Å². The fourth-order valence-electron chi connectivity index (χ4n) is 4.16. The van der Waals surface area contributed by atoms with Gasteiger partial charge in [-0.2, -0.15) is 0 Å². The van der Waals surface area contributed by atoms with E-state index in [0.29, 0.717) is 29.9 Å². The molecule has 0 aromatic carbocycles. The maximum Gasteiger partial charge on any atom is 0.223 e. The van der Waals surface area contributed by atoms with E-state index in [0.717, 1.165) is 45.5 Å². The first-order chi connectivity index (χ1) is 9.75. The molecule has 2 heterocycles. The Balaban J connectivity index is 1.55. The summed E-state index contributed by atoms with van der Waals surface area (Å²) in [6.07, 6.45) is 7.05. The van der Waals surface area contributed by atoms with Crippen LogP contribution in [0.2, 0.25) is 0 Å². The van der Waals surface area contributed by atoms with Crippen LogP contribution in [0.1, 0.15) is 45.4 Å². The summed E-state index contributed by atoms with van der Waals surface area (Å²) < 4.78 is 5.80. The van der Waals surface area contributed by atoms with E-state index in [4.69, 9.17) is 4.74 Å². The molecule has 3 rings (SSSR count). The minimum atomic E-state index is 0.319. The van der Waals surface area contributed by atoms with Gasteiger partial charge in [-0.15, -0.1) is 0 Å². The lowest BCUT2D eigenvalue weighted by Crippen LogP contribution is -2.51. The van der Waals surface area contributed by atoms with Gasteiger partial charge in [-0.25, -0.2) is 0 Å². The van der Waals surface area contributed by atoms with Crippen molar-refractivity contribution in [2.75, 3.05) is 26.2 Å². The average Bonchev–Trinajstić information content (AvgIpc) is 2.96. The summed E-state index contributed by atoms with van der Waals surface area (Å²) in [5, 5.41) is 3.46. The number of nitrogens with one attached hydrogen (secondary N) is 1. The Morgan fingerprint density at radius 1 is 1.35 bits per heavy atom. The second kappa shape index (κ2) is 6.44. The molecule has 114 valence electrons. The Morgan fingerprint density at radius 3 is 3.05 bits per heavy atom. The third kappa shape index (κ3) is 3.01. The predicted octanol–water partition coefficient (Wildman–Crippen LogP) is 1.79. The summed E-state index contributed by atoms with van der Waals surface area (Å²) >= 11 is 0. The number of nitrogens with zero attached hydrogens (tertiary/aromatic N) is 1. The van der Waals surface area contributed by atoms with Crippen molar-refractivity contribution in [2.24, 2.45) is 11.8 Å². The van der Waals surface area contributed by atoms with Crippen LogP contribution in [0, 0.1) is 11.8 Å². The molecule has 4 heteroatoms. The van der Waals surface area contributed by atoms with E-state index in [2.05, 4.69) is 17.1 Å². The molecule has 1 N–H and O–H groups in total. The summed E-state index contributed by atoms with van der Waals surface area (Å²) in [4.78, 5) is 14.8. The molecule has 2 aliphatic heterocycles. The molecule has 0 aromatic heterocycles. The number of hydrogen-bond donors (Lipinski definition) is 1. The van der Waals surface area contributed by atoms with Crippen molar-refractivity contribution < 1.29 is 9.53 Å². The number of morpholine rings is 1. The van der Waals surface area contributed by atoms with Gasteiger partial charge in [0.15, 0.2) is 0 Å². The van der Waals surface area contributed by atoms with Crippen molar-refractivity contribution >= 4 is 5.91 Å². The zero-order valence-electron chi connectivity index (χ0n) is 12.6. The highest BCUT2D eigenvalue weighted by molar-refractivity contribution is 5.77. The predicted molar refractivity (Wildman–Crippen MR) is 78.5 cm³/mol. The standard InChI is InChI=1S/C16H28N2O2/c1-12(13-4-3-7-17-11-13)10-16(19)18-8-9-20-15-6-2-5-14(15)18/h12-15,17H,2-11H2,1H3. The van der Waals surface area contributed by atoms with Crippen molar-refractivity contribution in [2.45, 2.75) is 57.6 Å². The molecule has 4 nitrogen and oxygen atoms in total. The van der Waals surface area contributed by atoms with Crippen molar-refractivity contribution in [3.8, 4) is 0 Å². The van der Waals surface area contributed by atoms with Crippen LogP contribution in [0.4, 0.5) is 0 Å². The number of carbonyl (C=O) groups excluding carboxylic acids is 1. The number of rotatable bonds is 3. The molecule has 0 spiro atoms. The third-order valence-corrected chi connectivity index (χ3v) is 5.44. The summed E-state index contributed by atoms with van der Waals surface area (Å²) in [5.74, 6) is 1.54. The lowest BCUT2D eigenvalue weighted by Gasteiger charge is -2.39. The highest BCUT2D eigenvalue weighted by Crippen LogP contribution is 2.31. The minimum absolute atomic E-state index is 0.319. The fourth-order valence-corrected chi connectivity index (χ4v) is 4.16.